The monoisotopic (exact) mass is 558 g/mol. The highest BCUT2D eigenvalue weighted by molar-refractivity contribution is 5.98. The summed E-state index contributed by atoms with van der Waals surface area (Å²) in [6.07, 6.45) is 5.90. The molecule has 1 unspecified atom stereocenters. The Morgan fingerprint density at radius 1 is 0.976 bits per heavy atom. The van der Waals surface area contributed by atoms with E-state index in [0.717, 1.165) is 54.5 Å². The lowest BCUT2D eigenvalue weighted by Gasteiger charge is -2.24. The van der Waals surface area contributed by atoms with Crippen molar-refractivity contribution in [3.8, 4) is 0 Å². The molecule has 6 nitrogen and oxygen atoms in total. The van der Waals surface area contributed by atoms with E-state index in [2.05, 4.69) is 5.32 Å². The number of carboxylic acids is 1. The first-order valence-electron chi connectivity index (χ1n) is 14.2. The minimum absolute atomic E-state index is 0.0876. The second kappa shape index (κ2) is 10.7. The number of nitrogens with one attached hydrogen (secondary N) is 1. The highest BCUT2D eigenvalue weighted by atomic mass is 19.2. The first-order chi connectivity index (χ1) is 19.7. The Hall–Kier alpha value is -4.07. The molecule has 3 aromatic rings. The van der Waals surface area contributed by atoms with E-state index in [-0.39, 0.29) is 35.8 Å². The third-order valence-electron chi connectivity index (χ3n) is 8.94. The molecule has 2 fully saturated rings. The summed E-state index contributed by atoms with van der Waals surface area (Å²) in [6, 6.07) is 17.2. The van der Waals surface area contributed by atoms with Crippen molar-refractivity contribution in [1.29, 1.82) is 0 Å². The van der Waals surface area contributed by atoms with Gasteiger partial charge >= 0.3 is 5.97 Å². The van der Waals surface area contributed by atoms with Crippen molar-refractivity contribution < 1.29 is 28.3 Å². The zero-order valence-corrected chi connectivity index (χ0v) is 22.7. The average Bonchev–Trinajstić information content (AvgIpc) is 3.42. The molecule has 3 aromatic carbocycles. The molecule has 2 amide bonds. The topological polar surface area (TPSA) is 86.7 Å². The van der Waals surface area contributed by atoms with Gasteiger partial charge in [-0.1, -0.05) is 49.2 Å². The van der Waals surface area contributed by atoms with Crippen LogP contribution >= 0.6 is 0 Å². The molecule has 3 aliphatic rings. The fourth-order valence-corrected chi connectivity index (χ4v) is 6.46. The van der Waals surface area contributed by atoms with Gasteiger partial charge in [-0.25, -0.2) is 8.78 Å². The molecular weight excluding hydrogens is 526 g/mol. The van der Waals surface area contributed by atoms with E-state index >= 15 is 0 Å². The second-order valence-electron chi connectivity index (χ2n) is 11.8. The number of halogens is 2. The number of fused-ring (bicyclic) bond motifs is 1. The molecule has 0 spiro atoms. The number of carbonyl (C=O) groups is 3. The standard InChI is InChI=1S/C33H32F2N2O4/c34-27-15-24-19-37(31(39)26(24)16-28(27)35)18-20-8-10-23(11-9-20)29(22-5-1-2-6-22)30(38)36-25-7-3-4-21(14-25)17-33(12-13-33)32(40)41/h3-4,7-11,14-16,22,29H,1-2,5-6,12-13,17-19H2,(H,36,38)(H,40,41). The minimum atomic E-state index is -1.03. The van der Waals surface area contributed by atoms with Crippen LogP contribution in [0.4, 0.5) is 14.5 Å². The Labute approximate surface area is 237 Å². The molecule has 0 radical (unpaired) electrons. The van der Waals surface area contributed by atoms with Crippen molar-refractivity contribution in [3.05, 3.63) is 100 Å². The smallest absolute Gasteiger partial charge is 0.309 e. The van der Waals surface area contributed by atoms with Crippen LogP contribution in [-0.2, 0) is 29.1 Å². The van der Waals surface area contributed by atoms with E-state index in [4.69, 9.17) is 0 Å². The van der Waals surface area contributed by atoms with Gasteiger partial charge in [-0.2, -0.15) is 0 Å². The molecule has 0 saturated heterocycles. The summed E-state index contributed by atoms with van der Waals surface area (Å²) in [6.45, 7) is 0.509. The number of carboxylic acid groups (broad SMARTS) is 1. The molecule has 2 aliphatic carbocycles. The maximum Gasteiger partial charge on any atom is 0.309 e. The van der Waals surface area contributed by atoms with Gasteiger partial charge in [-0.05, 0) is 84.5 Å². The predicted octanol–water partition coefficient (Wildman–Crippen LogP) is 6.44. The van der Waals surface area contributed by atoms with Gasteiger partial charge in [0.15, 0.2) is 11.6 Å². The highest BCUT2D eigenvalue weighted by Crippen LogP contribution is 2.48. The summed E-state index contributed by atoms with van der Waals surface area (Å²) < 4.78 is 27.3. The van der Waals surface area contributed by atoms with Crippen LogP contribution in [-0.4, -0.2) is 27.8 Å². The molecule has 41 heavy (non-hydrogen) atoms. The number of nitrogens with zero attached hydrogens (tertiary/aromatic N) is 1. The largest absolute Gasteiger partial charge is 0.481 e. The van der Waals surface area contributed by atoms with Crippen molar-refractivity contribution in [3.63, 3.8) is 0 Å². The van der Waals surface area contributed by atoms with Gasteiger partial charge in [0.25, 0.3) is 5.91 Å². The fraction of sp³-hybridized carbons (Fsp3) is 0.364. The lowest BCUT2D eigenvalue weighted by molar-refractivity contribution is -0.143. The van der Waals surface area contributed by atoms with Gasteiger partial charge in [0.2, 0.25) is 5.91 Å². The number of aliphatic carboxylic acids is 1. The maximum absolute atomic E-state index is 13.7. The van der Waals surface area contributed by atoms with Gasteiger partial charge in [0, 0.05) is 24.3 Å². The minimum Gasteiger partial charge on any atom is -0.481 e. The van der Waals surface area contributed by atoms with Gasteiger partial charge < -0.3 is 15.3 Å². The van der Waals surface area contributed by atoms with Crippen molar-refractivity contribution in [2.24, 2.45) is 11.3 Å². The van der Waals surface area contributed by atoms with E-state index in [0.29, 0.717) is 37.1 Å². The van der Waals surface area contributed by atoms with Crippen LogP contribution in [0.15, 0.2) is 60.7 Å². The number of anilines is 1. The van der Waals surface area contributed by atoms with Crippen LogP contribution < -0.4 is 5.32 Å². The molecule has 8 heteroatoms. The van der Waals surface area contributed by atoms with Crippen LogP contribution in [0.1, 0.15) is 77.1 Å². The zero-order valence-electron chi connectivity index (χ0n) is 22.7. The Morgan fingerprint density at radius 2 is 1.68 bits per heavy atom. The number of amides is 2. The zero-order chi connectivity index (χ0) is 28.7. The molecule has 1 heterocycles. The van der Waals surface area contributed by atoms with Crippen LogP contribution in [0.5, 0.6) is 0 Å². The Morgan fingerprint density at radius 3 is 2.37 bits per heavy atom. The number of carbonyl (C=O) groups excluding carboxylic acids is 2. The summed E-state index contributed by atoms with van der Waals surface area (Å²) in [4.78, 5) is 39.7. The van der Waals surface area contributed by atoms with Gasteiger partial charge in [-0.15, -0.1) is 0 Å². The molecule has 1 atom stereocenters. The van der Waals surface area contributed by atoms with Crippen molar-refractivity contribution in [1.82, 2.24) is 4.90 Å². The van der Waals surface area contributed by atoms with E-state index in [1.165, 1.54) is 0 Å². The normalized spacial score (nSPS) is 18.3. The van der Waals surface area contributed by atoms with Crippen LogP contribution in [0.2, 0.25) is 0 Å². The van der Waals surface area contributed by atoms with Gasteiger partial charge in [0.1, 0.15) is 0 Å². The Balaban J connectivity index is 1.16. The average molecular weight is 559 g/mol. The second-order valence-corrected chi connectivity index (χ2v) is 11.8. The van der Waals surface area contributed by atoms with Crippen LogP contribution in [0.25, 0.3) is 0 Å². The quantitative estimate of drug-likeness (QED) is 0.317. The summed E-state index contributed by atoms with van der Waals surface area (Å²) in [7, 11) is 0. The number of hydrogen-bond donors (Lipinski definition) is 2. The van der Waals surface area contributed by atoms with Crippen LogP contribution in [0.3, 0.4) is 0 Å². The van der Waals surface area contributed by atoms with E-state index in [1.54, 1.807) is 4.90 Å². The SMILES string of the molecule is O=C(Nc1cccc(CC2(C(=O)O)CC2)c1)C(c1ccc(CN2Cc3cc(F)c(F)cc3C2=O)cc1)C1CCCC1. The lowest BCUT2D eigenvalue weighted by atomic mass is 9.83. The third kappa shape index (κ3) is 5.47. The molecule has 0 bridgehead atoms. The maximum atomic E-state index is 13.7. The Kier molecular flexibility index (Phi) is 7.09. The van der Waals surface area contributed by atoms with Gasteiger partial charge in [0.05, 0.1) is 11.3 Å². The molecule has 2 saturated carbocycles. The van der Waals surface area contributed by atoms with E-state index in [1.807, 2.05) is 48.5 Å². The van der Waals surface area contributed by atoms with Gasteiger partial charge in [-0.3, -0.25) is 14.4 Å². The third-order valence-corrected chi connectivity index (χ3v) is 8.94. The Bertz CT molecular complexity index is 1510. The van der Waals surface area contributed by atoms with E-state index in [9.17, 15) is 28.3 Å². The molecule has 0 aromatic heterocycles. The molecule has 212 valence electrons. The number of benzene rings is 3. The van der Waals surface area contributed by atoms with Crippen molar-refractivity contribution in [2.45, 2.75) is 64.0 Å². The lowest BCUT2D eigenvalue weighted by Crippen LogP contribution is -2.27. The van der Waals surface area contributed by atoms with Crippen molar-refractivity contribution >= 4 is 23.5 Å². The molecule has 2 N–H and O–H groups in total. The van der Waals surface area contributed by atoms with Crippen LogP contribution in [0, 0.1) is 23.0 Å². The first kappa shape index (κ1) is 27.1. The number of rotatable bonds is 9. The summed E-state index contributed by atoms with van der Waals surface area (Å²) in [5.74, 6) is -3.30. The summed E-state index contributed by atoms with van der Waals surface area (Å²) in [5.41, 5.74) is 3.31. The summed E-state index contributed by atoms with van der Waals surface area (Å²) >= 11 is 0. The first-order valence-corrected chi connectivity index (χ1v) is 14.2. The molecule has 1 aliphatic heterocycles. The fourth-order valence-electron chi connectivity index (χ4n) is 6.46. The molecule has 6 rings (SSSR count). The number of hydrogen-bond acceptors (Lipinski definition) is 3. The molecular formula is C33H32F2N2O4. The van der Waals surface area contributed by atoms with Crippen molar-refractivity contribution in [2.75, 3.05) is 5.32 Å². The highest BCUT2D eigenvalue weighted by Gasteiger charge is 2.50. The summed E-state index contributed by atoms with van der Waals surface area (Å²) in [5, 5.41) is 12.6. The predicted molar refractivity (Wildman–Crippen MR) is 149 cm³/mol. The van der Waals surface area contributed by atoms with E-state index < -0.39 is 23.0 Å².